The molecule has 6 heteroatoms. The lowest BCUT2D eigenvalue weighted by molar-refractivity contribution is 0.0472. The van der Waals surface area contributed by atoms with E-state index in [-0.39, 0.29) is 19.2 Å². The maximum absolute atomic E-state index is 12.0. The van der Waals surface area contributed by atoms with E-state index in [2.05, 4.69) is 4.18 Å². The van der Waals surface area contributed by atoms with Gasteiger partial charge in [0.25, 0.3) is 10.1 Å². The molecule has 0 amide bonds. The summed E-state index contributed by atoms with van der Waals surface area (Å²) >= 11 is 0. The molecule has 0 fully saturated rings. The van der Waals surface area contributed by atoms with Crippen molar-refractivity contribution in [3.63, 3.8) is 0 Å². The fraction of sp³-hybridized carbons (Fsp3) is 0.278. The summed E-state index contributed by atoms with van der Waals surface area (Å²) in [7, 11) is -3.39. The number of hydrogen-bond acceptors (Lipinski definition) is 5. The molecule has 2 aromatic rings. The van der Waals surface area contributed by atoms with Crippen LogP contribution in [0.2, 0.25) is 0 Å². The summed E-state index contributed by atoms with van der Waals surface area (Å²) in [6.07, 6.45) is 2.29. The number of carbonyl (C=O) groups is 1. The van der Waals surface area contributed by atoms with Gasteiger partial charge in [-0.2, -0.15) is 8.42 Å². The predicted molar refractivity (Wildman–Crippen MR) is 91.1 cm³/mol. The van der Waals surface area contributed by atoms with E-state index in [1.165, 1.54) is 0 Å². The topological polar surface area (TPSA) is 69.7 Å². The molecule has 0 radical (unpaired) electrons. The van der Waals surface area contributed by atoms with Gasteiger partial charge in [-0.05, 0) is 36.1 Å². The third-order valence-electron chi connectivity index (χ3n) is 3.31. The van der Waals surface area contributed by atoms with Crippen LogP contribution >= 0.6 is 0 Å². The molecule has 0 aliphatic rings. The monoisotopic (exact) mass is 348 g/mol. The summed E-state index contributed by atoms with van der Waals surface area (Å²) in [6, 6.07) is 16.6. The van der Waals surface area contributed by atoms with Crippen LogP contribution in [-0.2, 0) is 32.1 Å². The van der Waals surface area contributed by atoms with E-state index in [0.29, 0.717) is 18.4 Å². The fourth-order valence-corrected chi connectivity index (χ4v) is 2.52. The van der Waals surface area contributed by atoms with E-state index >= 15 is 0 Å². The lowest BCUT2D eigenvalue weighted by Gasteiger charge is -2.06. The number of aryl methyl sites for hydroxylation is 1. The summed E-state index contributed by atoms with van der Waals surface area (Å²) in [5.74, 6) is -0.370. The molecule has 0 saturated heterocycles. The van der Waals surface area contributed by atoms with Crippen molar-refractivity contribution in [2.45, 2.75) is 19.4 Å². The van der Waals surface area contributed by atoms with Gasteiger partial charge in [0.1, 0.15) is 6.61 Å². The van der Waals surface area contributed by atoms with Gasteiger partial charge in [0.2, 0.25) is 0 Å². The molecule has 0 N–H and O–H groups in total. The second-order valence-electron chi connectivity index (χ2n) is 5.39. The average Bonchev–Trinajstić information content (AvgIpc) is 2.57. The Morgan fingerprint density at radius 2 is 1.62 bits per heavy atom. The SMILES string of the molecule is CS(=O)(=O)OCCCc1ccc(C(=O)OCc2ccccc2)cc1. The van der Waals surface area contributed by atoms with E-state index in [1.807, 2.05) is 42.5 Å². The molecule has 0 spiro atoms. The highest BCUT2D eigenvalue weighted by Crippen LogP contribution is 2.10. The van der Waals surface area contributed by atoms with Gasteiger partial charge in [-0.15, -0.1) is 0 Å². The minimum absolute atomic E-state index is 0.152. The highest BCUT2D eigenvalue weighted by molar-refractivity contribution is 7.85. The zero-order chi connectivity index (χ0) is 17.4. The summed E-state index contributed by atoms with van der Waals surface area (Å²) in [4.78, 5) is 12.0. The van der Waals surface area contributed by atoms with Crippen LogP contribution in [0.15, 0.2) is 54.6 Å². The molecule has 0 atom stereocenters. The molecule has 0 heterocycles. The van der Waals surface area contributed by atoms with Crippen LogP contribution in [-0.4, -0.2) is 27.2 Å². The number of benzene rings is 2. The van der Waals surface area contributed by atoms with Crippen LogP contribution in [0, 0.1) is 0 Å². The zero-order valence-corrected chi connectivity index (χ0v) is 14.3. The largest absolute Gasteiger partial charge is 0.457 e. The van der Waals surface area contributed by atoms with Gasteiger partial charge in [-0.25, -0.2) is 4.79 Å². The Balaban J connectivity index is 1.79. The first-order valence-electron chi connectivity index (χ1n) is 7.58. The van der Waals surface area contributed by atoms with Crippen molar-refractivity contribution in [1.29, 1.82) is 0 Å². The second kappa shape index (κ2) is 8.61. The van der Waals surface area contributed by atoms with Crippen molar-refractivity contribution in [3.05, 3.63) is 71.3 Å². The first kappa shape index (κ1) is 18.2. The number of carbonyl (C=O) groups excluding carboxylic acids is 1. The van der Waals surface area contributed by atoms with E-state index < -0.39 is 10.1 Å². The zero-order valence-electron chi connectivity index (χ0n) is 13.5. The summed E-state index contributed by atoms with van der Waals surface area (Å²) < 4.78 is 31.7. The van der Waals surface area contributed by atoms with E-state index in [9.17, 15) is 13.2 Å². The van der Waals surface area contributed by atoms with Crippen molar-refractivity contribution in [2.24, 2.45) is 0 Å². The molecule has 0 saturated carbocycles. The molecule has 0 aliphatic carbocycles. The highest BCUT2D eigenvalue weighted by Gasteiger charge is 2.07. The minimum atomic E-state index is -3.39. The number of ether oxygens (including phenoxy) is 1. The van der Waals surface area contributed by atoms with Crippen molar-refractivity contribution >= 4 is 16.1 Å². The maximum Gasteiger partial charge on any atom is 0.338 e. The molecule has 0 bridgehead atoms. The van der Waals surface area contributed by atoms with Crippen molar-refractivity contribution in [3.8, 4) is 0 Å². The van der Waals surface area contributed by atoms with Gasteiger partial charge in [-0.3, -0.25) is 4.18 Å². The van der Waals surface area contributed by atoms with Gasteiger partial charge >= 0.3 is 5.97 Å². The molecule has 24 heavy (non-hydrogen) atoms. The van der Waals surface area contributed by atoms with E-state index in [0.717, 1.165) is 17.4 Å². The van der Waals surface area contributed by atoms with Crippen LogP contribution in [0.4, 0.5) is 0 Å². The van der Waals surface area contributed by atoms with Crippen LogP contribution in [0.1, 0.15) is 27.9 Å². The standard InChI is InChI=1S/C18H20O5S/c1-24(20,21)23-13-5-8-15-9-11-17(12-10-15)18(19)22-14-16-6-3-2-4-7-16/h2-4,6-7,9-12H,5,8,13-14H2,1H3. The molecular weight excluding hydrogens is 328 g/mol. The molecule has 128 valence electrons. The number of rotatable bonds is 8. The van der Waals surface area contributed by atoms with Gasteiger partial charge in [0.15, 0.2) is 0 Å². The Morgan fingerprint density at radius 1 is 0.958 bits per heavy atom. The fourth-order valence-electron chi connectivity index (χ4n) is 2.10. The van der Waals surface area contributed by atoms with Gasteiger partial charge in [0, 0.05) is 0 Å². The lowest BCUT2D eigenvalue weighted by Crippen LogP contribution is -2.06. The van der Waals surface area contributed by atoms with Crippen molar-refractivity contribution in [1.82, 2.24) is 0 Å². The van der Waals surface area contributed by atoms with E-state index in [1.54, 1.807) is 12.1 Å². The molecule has 0 aromatic heterocycles. The van der Waals surface area contributed by atoms with Crippen molar-refractivity contribution in [2.75, 3.05) is 12.9 Å². The first-order valence-corrected chi connectivity index (χ1v) is 9.40. The van der Waals surface area contributed by atoms with Crippen LogP contribution in [0.3, 0.4) is 0 Å². The molecule has 0 unspecified atom stereocenters. The molecule has 2 aromatic carbocycles. The number of esters is 1. The maximum atomic E-state index is 12.0. The Labute approximate surface area is 142 Å². The van der Waals surface area contributed by atoms with Crippen LogP contribution in [0.25, 0.3) is 0 Å². The quantitative estimate of drug-likeness (QED) is 0.417. The molecular formula is C18H20O5S. The molecule has 5 nitrogen and oxygen atoms in total. The summed E-state index contributed by atoms with van der Waals surface area (Å²) in [5.41, 5.74) is 2.43. The minimum Gasteiger partial charge on any atom is -0.457 e. The smallest absolute Gasteiger partial charge is 0.338 e. The molecule has 0 aliphatic heterocycles. The summed E-state index contributed by atoms with van der Waals surface area (Å²) in [5, 5.41) is 0. The Kier molecular flexibility index (Phi) is 6.52. The van der Waals surface area contributed by atoms with Gasteiger partial charge in [0.05, 0.1) is 18.4 Å². The van der Waals surface area contributed by atoms with Crippen LogP contribution in [0.5, 0.6) is 0 Å². The third-order valence-corrected chi connectivity index (χ3v) is 3.90. The van der Waals surface area contributed by atoms with Gasteiger partial charge in [-0.1, -0.05) is 42.5 Å². The van der Waals surface area contributed by atoms with E-state index in [4.69, 9.17) is 4.74 Å². The second-order valence-corrected chi connectivity index (χ2v) is 7.03. The average molecular weight is 348 g/mol. The highest BCUT2D eigenvalue weighted by atomic mass is 32.2. The Morgan fingerprint density at radius 3 is 2.25 bits per heavy atom. The lowest BCUT2D eigenvalue weighted by atomic mass is 10.1. The Bertz CT molecular complexity index is 752. The number of hydrogen-bond donors (Lipinski definition) is 0. The predicted octanol–water partition coefficient (Wildman–Crippen LogP) is 2.95. The normalized spacial score (nSPS) is 11.2. The third kappa shape index (κ3) is 6.52. The van der Waals surface area contributed by atoms with Gasteiger partial charge < -0.3 is 4.74 Å². The first-order chi connectivity index (χ1) is 11.4. The molecule has 2 rings (SSSR count). The van der Waals surface area contributed by atoms with Crippen LogP contribution < -0.4 is 0 Å². The summed E-state index contributed by atoms with van der Waals surface area (Å²) in [6.45, 7) is 0.393. The Hall–Kier alpha value is -2.18. The van der Waals surface area contributed by atoms with Crippen molar-refractivity contribution < 1.29 is 22.1 Å².